The van der Waals surface area contributed by atoms with Crippen LogP contribution in [0.5, 0.6) is 11.5 Å². The number of halogens is 5. The summed E-state index contributed by atoms with van der Waals surface area (Å²) in [4.78, 5) is 12.4. The summed E-state index contributed by atoms with van der Waals surface area (Å²) in [5, 5.41) is 29.9. The lowest BCUT2D eigenvalue weighted by atomic mass is 9.70. The average molecular weight is 360 g/mol. The van der Waals surface area contributed by atoms with Gasteiger partial charge in [-0.2, -0.15) is 22.0 Å². The van der Waals surface area contributed by atoms with E-state index in [0.717, 1.165) is 18.2 Å². The molecule has 3 N–H and O–H groups in total. The van der Waals surface area contributed by atoms with Crippen molar-refractivity contribution in [3.05, 3.63) is 58.7 Å². The van der Waals surface area contributed by atoms with E-state index in [1.165, 1.54) is 6.07 Å². The number of aromatic hydroxyl groups is 2. The predicted octanol–water partition coefficient (Wildman–Crippen LogP) is 3.08. The smallest absolute Gasteiger partial charge is 0.457 e. The van der Waals surface area contributed by atoms with Crippen molar-refractivity contribution in [1.82, 2.24) is 0 Å². The number of benzene rings is 2. The molecule has 1 aliphatic rings. The molecule has 4 nitrogen and oxygen atoms in total. The summed E-state index contributed by atoms with van der Waals surface area (Å²) in [6, 6.07) is 5.19. The van der Waals surface area contributed by atoms with Crippen LogP contribution in [0.4, 0.5) is 22.0 Å². The highest BCUT2D eigenvalue weighted by atomic mass is 19.4. The van der Waals surface area contributed by atoms with Crippen molar-refractivity contribution in [2.24, 2.45) is 0 Å². The SMILES string of the molecule is O=C1c2ccccc2C(O)(C(F)(F)C(F)(F)F)c2ccc(O)c(O)c21. The molecular formula is C16H9F5O4. The Morgan fingerprint density at radius 1 is 0.880 bits per heavy atom. The molecule has 0 radical (unpaired) electrons. The van der Waals surface area contributed by atoms with Gasteiger partial charge in [-0.25, -0.2) is 0 Å². The number of ketones is 1. The third kappa shape index (κ3) is 1.98. The summed E-state index contributed by atoms with van der Waals surface area (Å²) in [7, 11) is 0. The van der Waals surface area contributed by atoms with Gasteiger partial charge in [0, 0.05) is 16.7 Å². The number of aliphatic hydroxyl groups is 1. The maximum absolute atomic E-state index is 14.3. The third-order valence-corrected chi connectivity index (χ3v) is 4.15. The van der Waals surface area contributed by atoms with Crippen LogP contribution in [0.3, 0.4) is 0 Å². The lowest BCUT2D eigenvalue weighted by molar-refractivity contribution is -0.336. The molecule has 0 amide bonds. The summed E-state index contributed by atoms with van der Waals surface area (Å²) >= 11 is 0. The first-order valence-corrected chi connectivity index (χ1v) is 6.81. The van der Waals surface area contributed by atoms with Crippen LogP contribution < -0.4 is 0 Å². The first-order valence-electron chi connectivity index (χ1n) is 6.81. The lowest BCUT2D eigenvalue weighted by Crippen LogP contribution is -2.57. The molecule has 0 aromatic heterocycles. The van der Waals surface area contributed by atoms with Crippen molar-refractivity contribution in [2.45, 2.75) is 17.7 Å². The van der Waals surface area contributed by atoms with Crippen LogP contribution in [0.25, 0.3) is 0 Å². The second-order valence-electron chi connectivity index (χ2n) is 5.51. The molecule has 25 heavy (non-hydrogen) atoms. The van der Waals surface area contributed by atoms with E-state index in [2.05, 4.69) is 0 Å². The zero-order chi connectivity index (χ0) is 18.8. The minimum atomic E-state index is -6.15. The first kappa shape index (κ1) is 17.2. The number of fused-ring (bicyclic) bond motifs is 2. The summed E-state index contributed by atoms with van der Waals surface area (Å²) in [5.74, 6) is -8.87. The van der Waals surface area contributed by atoms with Gasteiger partial charge >= 0.3 is 12.1 Å². The van der Waals surface area contributed by atoms with Gasteiger partial charge in [0.25, 0.3) is 0 Å². The molecule has 2 aromatic carbocycles. The molecule has 1 atom stereocenters. The van der Waals surface area contributed by atoms with Crippen LogP contribution in [0.15, 0.2) is 36.4 Å². The van der Waals surface area contributed by atoms with Crippen LogP contribution in [0, 0.1) is 0 Å². The van der Waals surface area contributed by atoms with Crippen LogP contribution >= 0.6 is 0 Å². The second kappa shape index (κ2) is 4.92. The molecule has 0 saturated heterocycles. The summed E-state index contributed by atoms with van der Waals surface area (Å²) in [6.07, 6.45) is -6.15. The van der Waals surface area contributed by atoms with E-state index in [1.54, 1.807) is 0 Å². The number of phenols is 2. The Bertz CT molecular complexity index is 891. The molecular weight excluding hydrogens is 351 g/mol. The molecule has 3 rings (SSSR count). The molecule has 0 fully saturated rings. The van der Waals surface area contributed by atoms with E-state index < -0.39 is 57.2 Å². The number of hydrogen-bond acceptors (Lipinski definition) is 4. The number of carbonyl (C=O) groups is 1. The van der Waals surface area contributed by atoms with Gasteiger partial charge in [-0.3, -0.25) is 4.79 Å². The lowest BCUT2D eigenvalue weighted by Gasteiger charge is -2.41. The molecule has 2 aromatic rings. The first-order chi connectivity index (χ1) is 11.4. The highest BCUT2D eigenvalue weighted by Gasteiger charge is 2.73. The Hall–Kier alpha value is -2.68. The van der Waals surface area contributed by atoms with Crippen LogP contribution in [-0.4, -0.2) is 33.2 Å². The van der Waals surface area contributed by atoms with Gasteiger partial charge in [-0.15, -0.1) is 0 Å². The van der Waals surface area contributed by atoms with Gasteiger partial charge < -0.3 is 15.3 Å². The fourth-order valence-corrected chi connectivity index (χ4v) is 2.93. The molecule has 132 valence electrons. The van der Waals surface area contributed by atoms with Gasteiger partial charge in [0.1, 0.15) is 0 Å². The fourth-order valence-electron chi connectivity index (χ4n) is 2.93. The number of phenolic OH excluding ortho intramolecular Hbond substituents is 2. The summed E-state index contributed by atoms with van der Waals surface area (Å²) in [5.41, 5.74) is -7.70. The molecule has 1 aliphatic carbocycles. The highest BCUT2D eigenvalue weighted by molar-refractivity contribution is 6.15. The van der Waals surface area contributed by atoms with Crippen LogP contribution in [0.2, 0.25) is 0 Å². The van der Waals surface area contributed by atoms with Crippen molar-refractivity contribution in [1.29, 1.82) is 0 Å². The number of rotatable bonds is 1. The molecule has 1 unspecified atom stereocenters. The van der Waals surface area contributed by atoms with Crippen molar-refractivity contribution in [3.8, 4) is 11.5 Å². The van der Waals surface area contributed by atoms with E-state index in [1.807, 2.05) is 0 Å². The summed E-state index contributed by atoms with van der Waals surface area (Å²) < 4.78 is 67.6. The number of carbonyl (C=O) groups excluding carboxylic acids is 1. The Labute approximate surface area is 136 Å². The Morgan fingerprint density at radius 2 is 1.48 bits per heavy atom. The minimum Gasteiger partial charge on any atom is -0.504 e. The van der Waals surface area contributed by atoms with Crippen molar-refractivity contribution in [3.63, 3.8) is 0 Å². The van der Waals surface area contributed by atoms with Gasteiger partial charge in [-0.1, -0.05) is 30.3 Å². The zero-order valence-corrected chi connectivity index (χ0v) is 12.1. The van der Waals surface area contributed by atoms with Crippen LogP contribution in [0.1, 0.15) is 27.0 Å². The Morgan fingerprint density at radius 3 is 2.08 bits per heavy atom. The van der Waals surface area contributed by atoms with E-state index >= 15 is 0 Å². The normalized spacial score (nSPS) is 20.2. The molecule has 0 saturated carbocycles. The molecule has 0 heterocycles. The largest absolute Gasteiger partial charge is 0.504 e. The maximum atomic E-state index is 14.3. The standard InChI is InChI=1S/C16H9F5O4/c17-15(18,16(19,20)21)14(25)8-4-2-1-3-7(8)12(23)11-9(14)5-6-10(22)13(11)24/h1-6,22,24-25H. The maximum Gasteiger partial charge on any atom is 0.457 e. The topological polar surface area (TPSA) is 77.8 Å². The quantitative estimate of drug-likeness (QED) is 0.540. The third-order valence-electron chi connectivity index (χ3n) is 4.15. The second-order valence-corrected chi connectivity index (χ2v) is 5.51. The van der Waals surface area contributed by atoms with Crippen LogP contribution in [-0.2, 0) is 5.60 Å². The van der Waals surface area contributed by atoms with E-state index in [9.17, 15) is 42.1 Å². The predicted molar refractivity (Wildman–Crippen MR) is 73.6 cm³/mol. The van der Waals surface area contributed by atoms with E-state index in [0.29, 0.717) is 12.1 Å². The van der Waals surface area contributed by atoms with Gasteiger partial charge in [-0.05, 0) is 6.07 Å². The molecule has 0 bridgehead atoms. The van der Waals surface area contributed by atoms with Gasteiger partial charge in [0.15, 0.2) is 22.9 Å². The van der Waals surface area contributed by atoms with Gasteiger partial charge in [0.2, 0.25) is 0 Å². The number of alkyl halides is 5. The zero-order valence-electron chi connectivity index (χ0n) is 12.1. The number of hydrogen-bond donors (Lipinski definition) is 3. The van der Waals surface area contributed by atoms with Crippen molar-refractivity contribution < 1.29 is 42.1 Å². The molecule has 0 spiro atoms. The Kier molecular flexibility index (Phi) is 3.37. The molecule has 9 heteroatoms. The fraction of sp³-hybridized carbons (Fsp3) is 0.188. The average Bonchev–Trinajstić information content (AvgIpc) is 2.54. The monoisotopic (exact) mass is 360 g/mol. The van der Waals surface area contributed by atoms with E-state index in [-0.39, 0.29) is 0 Å². The van der Waals surface area contributed by atoms with E-state index in [4.69, 9.17) is 0 Å². The molecule has 0 aliphatic heterocycles. The highest BCUT2D eigenvalue weighted by Crippen LogP contribution is 2.56. The van der Waals surface area contributed by atoms with Crippen molar-refractivity contribution >= 4 is 5.78 Å². The van der Waals surface area contributed by atoms with Gasteiger partial charge in [0.05, 0.1) is 5.56 Å². The summed E-state index contributed by atoms with van der Waals surface area (Å²) in [6.45, 7) is 0. The Balaban J connectivity index is 2.49. The minimum absolute atomic E-state index is 0.553. The van der Waals surface area contributed by atoms with Crippen molar-refractivity contribution in [2.75, 3.05) is 0 Å².